The van der Waals surface area contributed by atoms with Gasteiger partial charge in [0.15, 0.2) is 0 Å². The van der Waals surface area contributed by atoms with Crippen molar-refractivity contribution < 1.29 is 13.5 Å². The van der Waals surface area contributed by atoms with Crippen LogP contribution in [0.4, 0.5) is 0 Å². The normalized spacial score (nSPS) is 15.2. The van der Waals surface area contributed by atoms with Gasteiger partial charge in [-0.1, -0.05) is 12.1 Å². The highest BCUT2D eigenvalue weighted by atomic mass is 35.5. The van der Waals surface area contributed by atoms with E-state index in [0.29, 0.717) is 18.7 Å². The molecule has 0 saturated heterocycles. The molecule has 0 aliphatic carbocycles. The number of sulfonamides is 1. The van der Waals surface area contributed by atoms with Crippen molar-refractivity contribution in [3.05, 3.63) is 29.8 Å². The third kappa shape index (κ3) is 5.48. The molecule has 2 N–H and O–H groups in total. The van der Waals surface area contributed by atoms with Crippen LogP contribution in [0.5, 0.6) is 0 Å². The van der Waals surface area contributed by atoms with Crippen molar-refractivity contribution in [2.75, 3.05) is 5.88 Å². The average Bonchev–Trinajstić information content (AvgIpc) is 2.28. The second kappa shape index (κ2) is 7.24. The van der Waals surface area contributed by atoms with Crippen molar-refractivity contribution >= 4 is 21.6 Å². The fourth-order valence-electron chi connectivity index (χ4n) is 1.84. The Bertz CT molecular complexity index is 485. The maximum Gasteiger partial charge on any atom is 0.240 e. The maximum absolute atomic E-state index is 12.1. The van der Waals surface area contributed by atoms with Gasteiger partial charge >= 0.3 is 0 Å². The number of benzene rings is 1. The van der Waals surface area contributed by atoms with Crippen LogP contribution in [0.1, 0.15) is 25.8 Å². The van der Waals surface area contributed by atoms with E-state index in [1.807, 2.05) is 0 Å². The zero-order chi connectivity index (χ0) is 14.5. The van der Waals surface area contributed by atoms with Crippen molar-refractivity contribution in [3.63, 3.8) is 0 Å². The molecule has 1 aromatic carbocycles. The summed E-state index contributed by atoms with van der Waals surface area (Å²) in [4.78, 5) is 0.225. The number of halogens is 1. The molecule has 6 heteroatoms. The van der Waals surface area contributed by atoms with Gasteiger partial charge in [0.25, 0.3) is 0 Å². The Kier molecular flexibility index (Phi) is 6.26. The fourth-order valence-corrected chi connectivity index (χ4v) is 3.31. The van der Waals surface area contributed by atoms with Crippen LogP contribution in [0.15, 0.2) is 29.2 Å². The fraction of sp³-hybridized carbons (Fsp3) is 0.538. The molecule has 108 valence electrons. The van der Waals surface area contributed by atoms with Gasteiger partial charge in [-0.05, 0) is 44.4 Å². The van der Waals surface area contributed by atoms with Crippen LogP contribution in [0.2, 0.25) is 0 Å². The SMILES string of the molecule is CC(O)CC(C)NS(=O)(=O)c1ccc(CCCl)cc1. The number of aliphatic hydroxyl groups is 1. The predicted molar refractivity (Wildman–Crippen MR) is 76.9 cm³/mol. The summed E-state index contributed by atoms with van der Waals surface area (Å²) in [5.74, 6) is 0.510. The molecule has 2 unspecified atom stereocenters. The molecular weight excluding hydrogens is 286 g/mol. The first-order valence-corrected chi connectivity index (χ1v) is 8.22. The summed E-state index contributed by atoms with van der Waals surface area (Å²) in [6.45, 7) is 3.36. The molecule has 0 saturated carbocycles. The lowest BCUT2D eigenvalue weighted by Gasteiger charge is -2.15. The first-order chi connectivity index (χ1) is 8.85. The van der Waals surface area contributed by atoms with Crippen molar-refractivity contribution in [1.82, 2.24) is 4.72 Å². The highest BCUT2D eigenvalue weighted by molar-refractivity contribution is 7.89. The van der Waals surface area contributed by atoms with Gasteiger partial charge in [-0.25, -0.2) is 13.1 Å². The summed E-state index contributed by atoms with van der Waals surface area (Å²) < 4.78 is 26.7. The topological polar surface area (TPSA) is 66.4 Å². The van der Waals surface area contributed by atoms with Crippen LogP contribution in [0.3, 0.4) is 0 Å². The first-order valence-electron chi connectivity index (χ1n) is 6.20. The molecule has 1 rings (SSSR count). The highest BCUT2D eigenvalue weighted by Crippen LogP contribution is 2.12. The first kappa shape index (κ1) is 16.4. The molecule has 0 aliphatic heterocycles. The molecule has 0 aromatic heterocycles. The van der Waals surface area contributed by atoms with E-state index < -0.39 is 16.1 Å². The Morgan fingerprint density at radius 2 is 1.84 bits per heavy atom. The number of nitrogens with one attached hydrogen (secondary N) is 1. The molecule has 1 aromatic rings. The second-order valence-electron chi connectivity index (χ2n) is 4.69. The minimum Gasteiger partial charge on any atom is -0.393 e. The van der Waals surface area contributed by atoms with E-state index in [-0.39, 0.29) is 10.9 Å². The lowest BCUT2D eigenvalue weighted by atomic mass is 10.2. The largest absolute Gasteiger partial charge is 0.393 e. The molecule has 0 bridgehead atoms. The zero-order valence-corrected chi connectivity index (χ0v) is 12.7. The minimum absolute atomic E-state index is 0.225. The van der Waals surface area contributed by atoms with Gasteiger partial charge < -0.3 is 5.11 Å². The molecule has 4 nitrogen and oxygen atoms in total. The summed E-state index contributed by atoms with van der Waals surface area (Å²) in [5.41, 5.74) is 1.01. The van der Waals surface area contributed by atoms with E-state index in [9.17, 15) is 13.5 Å². The van der Waals surface area contributed by atoms with Crippen LogP contribution >= 0.6 is 11.6 Å². The summed E-state index contributed by atoms with van der Waals surface area (Å²) in [7, 11) is -3.53. The van der Waals surface area contributed by atoms with Crippen LogP contribution < -0.4 is 4.72 Å². The molecule has 0 fully saturated rings. The van der Waals surface area contributed by atoms with Crippen molar-refractivity contribution in [3.8, 4) is 0 Å². The Morgan fingerprint density at radius 1 is 1.26 bits per heavy atom. The summed E-state index contributed by atoms with van der Waals surface area (Å²) >= 11 is 5.63. The number of aliphatic hydroxyl groups excluding tert-OH is 1. The molecule has 0 aliphatic rings. The number of hydrogen-bond donors (Lipinski definition) is 2. The summed E-state index contributed by atoms with van der Waals surface area (Å²) in [6, 6.07) is 6.35. The highest BCUT2D eigenvalue weighted by Gasteiger charge is 2.18. The number of aryl methyl sites for hydroxylation is 1. The standard InChI is InChI=1S/C13H20ClNO3S/c1-10(9-11(2)16)15-19(17,18)13-5-3-12(4-6-13)7-8-14/h3-6,10-11,15-16H,7-9H2,1-2H3. The Balaban J connectivity index is 2.76. The van der Waals surface area contributed by atoms with Gasteiger partial charge in [0.1, 0.15) is 0 Å². The molecule has 2 atom stereocenters. The second-order valence-corrected chi connectivity index (χ2v) is 6.78. The molecule has 0 spiro atoms. The molecule has 0 radical (unpaired) electrons. The smallest absolute Gasteiger partial charge is 0.240 e. The molecule has 19 heavy (non-hydrogen) atoms. The van der Waals surface area contributed by atoms with Crippen LogP contribution in [-0.4, -0.2) is 31.6 Å². The van der Waals surface area contributed by atoms with E-state index in [0.717, 1.165) is 5.56 Å². The van der Waals surface area contributed by atoms with Gasteiger partial charge in [-0.15, -0.1) is 11.6 Å². The minimum atomic E-state index is -3.53. The van der Waals surface area contributed by atoms with E-state index >= 15 is 0 Å². The van der Waals surface area contributed by atoms with E-state index in [1.54, 1.807) is 38.1 Å². The number of rotatable bonds is 7. The van der Waals surface area contributed by atoms with Crippen molar-refractivity contribution in [1.29, 1.82) is 0 Å². The van der Waals surface area contributed by atoms with Crippen molar-refractivity contribution in [2.45, 2.75) is 43.7 Å². The Labute approximate surface area is 119 Å². The van der Waals surface area contributed by atoms with Gasteiger partial charge in [-0.2, -0.15) is 0 Å². The van der Waals surface area contributed by atoms with E-state index in [2.05, 4.69) is 4.72 Å². The molecule has 0 heterocycles. The maximum atomic E-state index is 12.1. The van der Waals surface area contributed by atoms with Crippen LogP contribution in [0.25, 0.3) is 0 Å². The summed E-state index contributed by atoms with van der Waals surface area (Å²) in [5, 5.41) is 9.24. The Morgan fingerprint density at radius 3 is 2.32 bits per heavy atom. The third-order valence-corrected chi connectivity index (χ3v) is 4.46. The van der Waals surface area contributed by atoms with E-state index in [4.69, 9.17) is 11.6 Å². The quantitative estimate of drug-likeness (QED) is 0.756. The molecular formula is C13H20ClNO3S. The van der Waals surface area contributed by atoms with Crippen LogP contribution in [-0.2, 0) is 16.4 Å². The zero-order valence-electron chi connectivity index (χ0n) is 11.1. The van der Waals surface area contributed by atoms with Gasteiger partial charge in [-0.3, -0.25) is 0 Å². The summed E-state index contributed by atoms with van der Waals surface area (Å²) in [6.07, 6.45) is 0.556. The number of hydrogen-bond acceptors (Lipinski definition) is 3. The number of alkyl halides is 1. The monoisotopic (exact) mass is 305 g/mol. The predicted octanol–water partition coefficient (Wildman–Crippen LogP) is 1.91. The molecule has 0 amide bonds. The van der Waals surface area contributed by atoms with Crippen LogP contribution in [0, 0.1) is 0 Å². The average molecular weight is 306 g/mol. The van der Waals surface area contributed by atoms with Gasteiger partial charge in [0, 0.05) is 11.9 Å². The van der Waals surface area contributed by atoms with E-state index in [1.165, 1.54) is 0 Å². The van der Waals surface area contributed by atoms with Gasteiger partial charge in [0.2, 0.25) is 10.0 Å². The lowest BCUT2D eigenvalue weighted by Crippen LogP contribution is -2.34. The van der Waals surface area contributed by atoms with Gasteiger partial charge in [0.05, 0.1) is 11.0 Å². The van der Waals surface area contributed by atoms with Crippen molar-refractivity contribution in [2.24, 2.45) is 0 Å². The Hall–Kier alpha value is -0.620. The third-order valence-electron chi connectivity index (χ3n) is 2.67. The lowest BCUT2D eigenvalue weighted by molar-refractivity contribution is 0.175.